The molecule has 0 bridgehead atoms. The lowest BCUT2D eigenvalue weighted by molar-refractivity contribution is -0.121. The summed E-state index contributed by atoms with van der Waals surface area (Å²) in [5.74, 6) is -0.531. The number of ether oxygens (including phenoxy) is 1. The molecule has 0 heterocycles. The molecule has 0 radical (unpaired) electrons. The summed E-state index contributed by atoms with van der Waals surface area (Å²) in [5, 5.41) is 2.38. The Balaban J connectivity index is 4.26. The quantitative estimate of drug-likeness (QED) is 0.663. The number of primary amides is 1. The average molecular weight is 188 g/mol. The first-order valence-electron chi connectivity index (χ1n) is 4.16. The van der Waals surface area contributed by atoms with Crippen molar-refractivity contribution in [3.8, 4) is 0 Å². The minimum absolute atomic E-state index is 0.0107. The third-order valence-electron chi connectivity index (χ3n) is 1.98. The number of hydrogen-bond acceptors (Lipinski definition) is 3. The topological polar surface area (TPSA) is 81.4 Å². The zero-order valence-electron chi connectivity index (χ0n) is 8.16. The Hall–Kier alpha value is -1.26. The van der Waals surface area contributed by atoms with E-state index in [-0.39, 0.29) is 5.92 Å². The summed E-state index contributed by atoms with van der Waals surface area (Å²) in [5.41, 5.74) is 5.11. The molecule has 13 heavy (non-hydrogen) atoms. The van der Waals surface area contributed by atoms with Gasteiger partial charge in [0.15, 0.2) is 0 Å². The van der Waals surface area contributed by atoms with Crippen LogP contribution in [0.3, 0.4) is 0 Å². The average Bonchev–Trinajstić information content (AvgIpc) is 2.11. The smallest absolute Gasteiger partial charge is 0.407 e. The van der Waals surface area contributed by atoms with Crippen molar-refractivity contribution in [3.05, 3.63) is 0 Å². The zero-order valence-corrected chi connectivity index (χ0v) is 8.16. The van der Waals surface area contributed by atoms with Crippen LogP contribution in [0.1, 0.15) is 20.3 Å². The standard InChI is InChI=1S/C8H16N2O3/c1-4-5(2)6(7(9)11)10-8(12)13-3/h5-6H,4H2,1-3H3,(H2,9,11)(H,10,12). The number of methoxy groups -OCH3 is 1. The molecule has 2 atom stereocenters. The minimum atomic E-state index is -0.655. The van der Waals surface area contributed by atoms with E-state index in [0.29, 0.717) is 0 Å². The number of rotatable bonds is 4. The molecule has 0 aliphatic carbocycles. The molecule has 0 saturated heterocycles. The number of nitrogens with two attached hydrogens (primary N) is 1. The van der Waals surface area contributed by atoms with Crippen LogP contribution >= 0.6 is 0 Å². The monoisotopic (exact) mass is 188 g/mol. The maximum atomic E-state index is 10.9. The summed E-state index contributed by atoms with van der Waals surface area (Å²) < 4.78 is 4.37. The van der Waals surface area contributed by atoms with Crippen molar-refractivity contribution in [1.82, 2.24) is 5.32 Å². The molecular formula is C8H16N2O3. The number of carbonyl (C=O) groups is 2. The largest absolute Gasteiger partial charge is 0.453 e. The second-order valence-corrected chi connectivity index (χ2v) is 2.90. The molecule has 0 aromatic carbocycles. The summed E-state index contributed by atoms with van der Waals surface area (Å²) in [6.07, 6.45) is 0.126. The van der Waals surface area contributed by atoms with Crippen LogP contribution in [0.5, 0.6) is 0 Å². The highest BCUT2D eigenvalue weighted by Crippen LogP contribution is 2.06. The maximum Gasteiger partial charge on any atom is 0.407 e. The SMILES string of the molecule is CCC(C)C(NC(=O)OC)C(N)=O. The molecule has 5 heteroatoms. The highest BCUT2D eigenvalue weighted by atomic mass is 16.5. The molecule has 0 saturated carbocycles. The molecule has 2 unspecified atom stereocenters. The molecule has 0 aliphatic heterocycles. The van der Waals surface area contributed by atoms with E-state index in [0.717, 1.165) is 6.42 Å². The van der Waals surface area contributed by atoms with Crippen molar-refractivity contribution in [2.75, 3.05) is 7.11 Å². The van der Waals surface area contributed by atoms with Crippen LogP contribution in [0, 0.1) is 5.92 Å². The molecule has 0 aromatic rings. The summed E-state index contributed by atoms with van der Waals surface area (Å²) in [6, 6.07) is -0.655. The van der Waals surface area contributed by atoms with Crippen LogP contribution in [0.25, 0.3) is 0 Å². The second-order valence-electron chi connectivity index (χ2n) is 2.90. The third-order valence-corrected chi connectivity index (χ3v) is 1.98. The van der Waals surface area contributed by atoms with Crippen molar-refractivity contribution in [3.63, 3.8) is 0 Å². The fraction of sp³-hybridized carbons (Fsp3) is 0.750. The van der Waals surface area contributed by atoms with E-state index in [1.165, 1.54) is 7.11 Å². The summed E-state index contributed by atoms with van der Waals surface area (Å²) in [7, 11) is 1.24. The van der Waals surface area contributed by atoms with Gasteiger partial charge in [0.05, 0.1) is 7.11 Å². The van der Waals surface area contributed by atoms with Gasteiger partial charge in [-0.1, -0.05) is 20.3 Å². The van der Waals surface area contributed by atoms with Gasteiger partial charge in [-0.15, -0.1) is 0 Å². The summed E-state index contributed by atoms with van der Waals surface area (Å²) in [4.78, 5) is 21.7. The van der Waals surface area contributed by atoms with Crippen molar-refractivity contribution in [2.24, 2.45) is 11.7 Å². The molecule has 3 N–H and O–H groups in total. The molecule has 76 valence electrons. The Kier molecular flexibility index (Phi) is 4.87. The van der Waals surface area contributed by atoms with Crippen LogP contribution < -0.4 is 11.1 Å². The normalized spacial score (nSPS) is 14.4. The van der Waals surface area contributed by atoms with E-state index in [2.05, 4.69) is 10.1 Å². The first-order chi connectivity index (χ1) is 6.02. The van der Waals surface area contributed by atoms with Gasteiger partial charge in [0.2, 0.25) is 5.91 Å². The highest BCUT2D eigenvalue weighted by Gasteiger charge is 2.23. The maximum absolute atomic E-state index is 10.9. The van der Waals surface area contributed by atoms with E-state index >= 15 is 0 Å². The van der Waals surface area contributed by atoms with Gasteiger partial charge in [0, 0.05) is 0 Å². The fourth-order valence-corrected chi connectivity index (χ4v) is 0.915. The number of nitrogens with one attached hydrogen (secondary N) is 1. The van der Waals surface area contributed by atoms with Crippen molar-refractivity contribution in [1.29, 1.82) is 0 Å². The van der Waals surface area contributed by atoms with Crippen molar-refractivity contribution >= 4 is 12.0 Å². The van der Waals surface area contributed by atoms with E-state index < -0.39 is 18.0 Å². The summed E-state index contributed by atoms with van der Waals surface area (Å²) >= 11 is 0. The van der Waals surface area contributed by atoms with Gasteiger partial charge in [0.25, 0.3) is 0 Å². The lowest BCUT2D eigenvalue weighted by Gasteiger charge is -2.19. The number of carbonyl (C=O) groups excluding carboxylic acids is 2. The number of amides is 2. The fourth-order valence-electron chi connectivity index (χ4n) is 0.915. The van der Waals surface area contributed by atoms with E-state index in [9.17, 15) is 9.59 Å². The molecule has 0 aliphatic rings. The number of hydrogen-bond donors (Lipinski definition) is 2. The van der Waals surface area contributed by atoms with E-state index in [4.69, 9.17) is 5.73 Å². The lowest BCUT2D eigenvalue weighted by Crippen LogP contribution is -2.48. The summed E-state index contributed by atoms with van der Waals surface area (Å²) in [6.45, 7) is 3.75. The van der Waals surface area contributed by atoms with Crippen LogP contribution in [0.4, 0.5) is 4.79 Å². The first-order valence-corrected chi connectivity index (χ1v) is 4.16. The van der Waals surface area contributed by atoms with Gasteiger partial charge in [-0.25, -0.2) is 4.79 Å². The molecule has 0 rings (SSSR count). The molecule has 2 amide bonds. The van der Waals surface area contributed by atoms with Crippen molar-refractivity contribution in [2.45, 2.75) is 26.3 Å². The van der Waals surface area contributed by atoms with Crippen LogP contribution in [0.15, 0.2) is 0 Å². The van der Waals surface area contributed by atoms with Crippen molar-refractivity contribution < 1.29 is 14.3 Å². The lowest BCUT2D eigenvalue weighted by atomic mass is 9.99. The zero-order chi connectivity index (χ0) is 10.4. The van der Waals surface area contributed by atoms with Gasteiger partial charge in [-0.05, 0) is 5.92 Å². The van der Waals surface area contributed by atoms with Gasteiger partial charge in [-0.3, -0.25) is 4.79 Å². The number of alkyl carbamates (subject to hydrolysis) is 1. The second kappa shape index (κ2) is 5.40. The molecular weight excluding hydrogens is 172 g/mol. The van der Waals surface area contributed by atoms with Gasteiger partial charge >= 0.3 is 6.09 Å². The Morgan fingerprint density at radius 1 is 1.54 bits per heavy atom. The predicted octanol–water partition coefficient (Wildman–Crippen LogP) is 0.242. The van der Waals surface area contributed by atoms with E-state index in [1.54, 1.807) is 0 Å². The third kappa shape index (κ3) is 3.78. The van der Waals surface area contributed by atoms with Crippen LogP contribution in [-0.4, -0.2) is 25.2 Å². The van der Waals surface area contributed by atoms with Crippen LogP contribution in [-0.2, 0) is 9.53 Å². The minimum Gasteiger partial charge on any atom is -0.453 e. The first kappa shape index (κ1) is 11.7. The molecule has 5 nitrogen and oxygen atoms in total. The van der Waals surface area contributed by atoms with Gasteiger partial charge in [0.1, 0.15) is 6.04 Å². The van der Waals surface area contributed by atoms with Gasteiger partial charge < -0.3 is 15.8 Å². The molecule has 0 aromatic heterocycles. The molecule has 0 fully saturated rings. The Morgan fingerprint density at radius 3 is 2.38 bits per heavy atom. The Bertz CT molecular complexity index is 194. The molecule has 0 spiro atoms. The van der Waals surface area contributed by atoms with Gasteiger partial charge in [-0.2, -0.15) is 0 Å². The Labute approximate surface area is 77.6 Å². The van der Waals surface area contributed by atoms with Crippen LogP contribution in [0.2, 0.25) is 0 Å². The predicted molar refractivity (Wildman–Crippen MR) is 48.0 cm³/mol. The Morgan fingerprint density at radius 2 is 2.08 bits per heavy atom. The highest BCUT2D eigenvalue weighted by molar-refractivity contribution is 5.84. The van der Waals surface area contributed by atoms with E-state index in [1.807, 2.05) is 13.8 Å².